The molecule has 8 rings (SSSR count). The topological polar surface area (TPSA) is 32.3 Å². The van der Waals surface area contributed by atoms with Gasteiger partial charge in [0, 0.05) is 23.2 Å². The molecule has 6 aromatic rings. The highest BCUT2D eigenvalue weighted by Crippen LogP contribution is 2.61. The van der Waals surface area contributed by atoms with Crippen LogP contribution >= 0.6 is 0 Å². The summed E-state index contributed by atoms with van der Waals surface area (Å²) in [5.74, 6) is 1.64. The van der Waals surface area contributed by atoms with Crippen LogP contribution in [0.2, 0.25) is 0 Å². The first-order chi connectivity index (χ1) is 23.2. The van der Waals surface area contributed by atoms with Crippen LogP contribution < -0.4 is 9.80 Å². The Morgan fingerprint density at radius 2 is 1.26 bits per heavy atom. The van der Waals surface area contributed by atoms with E-state index >= 15 is 0 Å². The molecule has 0 radical (unpaired) electrons. The Morgan fingerprint density at radius 1 is 0.638 bits per heavy atom. The molecule has 2 aliphatic rings. The van der Waals surface area contributed by atoms with Crippen molar-refractivity contribution in [3.05, 3.63) is 193 Å². The first kappa shape index (κ1) is 28.5. The molecule has 1 aromatic heterocycles. The van der Waals surface area contributed by atoms with Gasteiger partial charge in [0.25, 0.3) is 0 Å². The fourth-order valence-electron chi connectivity index (χ4n) is 7.07. The average molecular weight is 607 g/mol. The van der Waals surface area contributed by atoms with E-state index < -0.39 is 0 Å². The van der Waals surface area contributed by atoms with E-state index in [9.17, 15) is 0 Å². The minimum Gasteiger partial charge on any atom is -0.331 e. The van der Waals surface area contributed by atoms with Crippen molar-refractivity contribution in [2.24, 2.45) is 0 Å². The van der Waals surface area contributed by atoms with E-state index in [1.165, 1.54) is 22.4 Å². The Bertz CT molecular complexity index is 2150. The van der Waals surface area contributed by atoms with Crippen LogP contribution in [0.15, 0.2) is 170 Å². The Hall–Kier alpha value is -6.00. The lowest BCUT2D eigenvalue weighted by molar-refractivity contribution is 0.662. The maximum atomic E-state index is 5.28. The molecule has 3 heterocycles. The number of para-hydroxylation sites is 4. The fraction of sp³-hybridized carbons (Fsp3) is 0.0698. The molecule has 4 heteroatoms. The molecule has 0 saturated carbocycles. The van der Waals surface area contributed by atoms with Gasteiger partial charge in [-0.05, 0) is 53.5 Å². The van der Waals surface area contributed by atoms with Gasteiger partial charge in [-0.25, -0.2) is 9.97 Å². The summed E-state index contributed by atoms with van der Waals surface area (Å²) in [6.07, 6.45) is 7.71. The molecule has 0 amide bonds. The molecule has 0 saturated heterocycles. The summed E-state index contributed by atoms with van der Waals surface area (Å²) in [4.78, 5) is 15.2. The summed E-state index contributed by atoms with van der Waals surface area (Å²) in [6, 6.07) is 49.9. The Labute approximate surface area is 276 Å². The van der Waals surface area contributed by atoms with Crippen molar-refractivity contribution in [2.45, 2.75) is 18.9 Å². The molecule has 2 atom stereocenters. The molecule has 2 aliphatic heterocycles. The predicted octanol–water partition coefficient (Wildman–Crippen LogP) is 11.1. The van der Waals surface area contributed by atoms with Gasteiger partial charge in [-0.2, -0.15) is 0 Å². The molecule has 0 N–H and O–H groups in total. The normalized spacial score (nSPS) is 16.7. The standard InChI is InChI=1S/C43H34N4/c1-3-4-7-18-30(2)43-44-35(31-19-8-5-9-20-31)29-40(45-43)46-37-26-15-13-24-34(37)42-41(32-21-10-6-11-22-32)33-23-12-14-25-36(33)47(42)39-28-17-16-27-38(39)46/h3-29,41-42H,1H2,2H3/b7-4-,30-18+. The van der Waals surface area contributed by atoms with Gasteiger partial charge < -0.3 is 4.90 Å². The van der Waals surface area contributed by atoms with Crippen LogP contribution in [0, 0.1) is 0 Å². The number of aromatic nitrogens is 2. The Kier molecular flexibility index (Phi) is 7.31. The highest BCUT2D eigenvalue weighted by molar-refractivity contribution is 5.93. The van der Waals surface area contributed by atoms with E-state index in [0.717, 1.165) is 39.7 Å². The van der Waals surface area contributed by atoms with Crippen molar-refractivity contribution in [1.82, 2.24) is 9.97 Å². The molecule has 0 spiro atoms. The van der Waals surface area contributed by atoms with Gasteiger partial charge in [0.1, 0.15) is 5.82 Å². The van der Waals surface area contributed by atoms with Crippen molar-refractivity contribution in [3.63, 3.8) is 0 Å². The summed E-state index contributed by atoms with van der Waals surface area (Å²) >= 11 is 0. The number of anilines is 5. The Balaban J connectivity index is 1.41. The lowest BCUT2D eigenvalue weighted by atomic mass is 9.84. The summed E-state index contributed by atoms with van der Waals surface area (Å²) in [6.45, 7) is 5.87. The largest absolute Gasteiger partial charge is 0.331 e. The molecule has 0 aliphatic carbocycles. The van der Waals surface area contributed by atoms with Crippen LogP contribution in [0.1, 0.15) is 41.4 Å². The molecule has 2 unspecified atom stereocenters. The second-order valence-corrected chi connectivity index (χ2v) is 11.9. The predicted molar refractivity (Wildman–Crippen MR) is 195 cm³/mol. The SMILES string of the molecule is C=C/C=C\C=C(/C)c1nc(-c2ccccc2)cc(N2c3ccccc3C3C(c4ccccc4)c4ccccc4N3c3ccccc32)n1. The summed E-state index contributed by atoms with van der Waals surface area (Å²) < 4.78 is 0. The first-order valence-corrected chi connectivity index (χ1v) is 16.0. The van der Waals surface area contributed by atoms with Crippen LogP contribution in [0.25, 0.3) is 16.8 Å². The second kappa shape index (κ2) is 12.1. The zero-order valence-corrected chi connectivity index (χ0v) is 26.2. The van der Waals surface area contributed by atoms with Crippen LogP contribution in [0.5, 0.6) is 0 Å². The number of hydrogen-bond donors (Lipinski definition) is 0. The number of allylic oxidation sites excluding steroid dienone is 5. The van der Waals surface area contributed by atoms with Crippen molar-refractivity contribution in [3.8, 4) is 11.3 Å². The minimum atomic E-state index is 0.0396. The van der Waals surface area contributed by atoms with Gasteiger partial charge in [-0.1, -0.05) is 140 Å². The molecule has 47 heavy (non-hydrogen) atoms. The lowest BCUT2D eigenvalue weighted by Crippen LogP contribution is -2.22. The second-order valence-electron chi connectivity index (χ2n) is 11.9. The van der Waals surface area contributed by atoms with Gasteiger partial charge in [0.2, 0.25) is 0 Å². The monoisotopic (exact) mass is 606 g/mol. The number of rotatable bonds is 6. The average Bonchev–Trinajstić information content (AvgIpc) is 3.41. The Morgan fingerprint density at radius 3 is 2.00 bits per heavy atom. The van der Waals surface area contributed by atoms with Gasteiger partial charge in [-0.3, -0.25) is 4.90 Å². The van der Waals surface area contributed by atoms with Gasteiger partial charge in [-0.15, -0.1) is 0 Å². The fourth-order valence-corrected chi connectivity index (χ4v) is 7.07. The maximum Gasteiger partial charge on any atom is 0.157 e. The van der Waals surface area contributed by atoms with Crippen LogP contribution in [-0.2, 0) is 0 Å². The van der Waals surface area contributed by atoms with E-state index in [1.807, 2.05) is 24.3 Å². The van der Waals surface area contributed by atoms with Crippen molar-refractivity contribution < 1.29 is 0 Å². The smallest absolute Gasteiger partial charge is 0.157 e. The minimum absolute atomic E-state index is 0.0396. The summed E-state index contributed by atoms with van der Waals surface area (Å²) in [7, 11) is 0. The molecule has 5 aromatic carbocycles. The lowest BCUT2D eigenvalue weighted by Gasteiger charge is -2.30. The number of benzene rings is 5. The van der Waals surface area contributed by atoms with E-state index in [2.05, 4.69) is 157 Å². The van der Waals surface area contributed by atoms with Gasteiger partial charge >= 0.3 is 0 Å². The molecule has 4 nitrogen and oxygen atoms in total. The number of fused-ring (bicyclic) bond motifs is 7. The molecule has 0 bridgehead atoms. The third-order valence-electron chi connectivity index (χ3n) is 9.12. The van der Waals surface area contributed by atoms with E-state index in [-0.39, 0.29) is 12.0 Å². The molecule has 0 fully saturated rings. The summed E-state index contributed by atoms with van der Waals surface area (Å²) in [5.41, 5.74) is 11.3. The first-order valence-electron chi connectivity index (χ1n) is 16.0. The van der Waals surface area contributed by atoms with E-state index in [4.69, 9.17) is 9.97 Å². The van der Waals surface area contributed by atoms with Crippen LogP contribution in [0.3, 0.4) is 0 Å². The van der Waals surface area contributed by atoms with Crippen molar-refractivity contribution >= 4 is 34.1 Å². The van der Waals surface area contributed by atoms with Crippen LogP contribution in [-0.4, -0.2) is 9.97 Å². The number of nitrogens with zero attached hydrogens (tertiary/aromatic N) is 4. The zero-order valence-electron chi connectivity index (χ0n) is 26.2. The highest BCUT2D eigenvalue weighted by atomic mass is 15.3. The molecule has 226 valence electrons. The van der Waals surface area contributed by atoms with Crippen LogP contribution in [0.4, 0.5) is 28.6 Å². The zero-order chi connectivity index (χ0) is 31.7. The third-order valence-corrected chi connectivity index (χ3v) is 9.12. The van der Waals surface area contributed by atoms with E-state index in [1.54, 1.807) is 6.08 Å². The maximum absolute atomic E-state index is 5.28. The number of hydrogen-bond acceptors (Lipinski definition) is 4. The third kappa shape index (κ3) is 4.95. The van der Waals surface area contributed by atoms with Gasteiger partial charge in [0.15, 0.2) is 5.82 Å². The highest BCUT2D eigenvalue weighted by Gasteiger charge is 2.45. The quantitative estimate of drug-likeness (QED) is 0.177. The molecular formula is C43H34N4. The summed E-state index contributed by atoms with van der Waals surface area (Å²) in [5, 5.41) is 0. The van der Waals surface area contributed by atoms with Gasteiger partial charge in [0.05, 0.1) is 28.8 Å². The van der Waals surface area contributed by atoms with Crippen molar-refractivity contribution in [1.29, 1.82) is 0 Å². The van der Waals surface area contributed by atoms with E-state index in [0.29, 0.717) is 5.82 Å². The van der Waals surface area contributed by atoms with Crippen molar-refractivity contribution in [2.75, 3.05) is 9.80 Å². The molecular weight excluding hydrogens is 573 g/mol.